The summed E-state index contributed by atoms with van der Waals surface area (Å²) in [6, 6.07) is 23.6. The van der Waals surface area contributed by atoms with Crippen molar-refractivity contribution >= 4 is 23.4 Å². The quantitative estimate of drug-likeness (QED) is 0.253. The average Bonchev–Trinajstić information content (AvgIpc) is 3.50. The predicted molar refractivity (Wildman–Crippen MR) is 161 cm³/mol. The lowest BCUT2D eigenvalue weighted by atomic mass is 9.89. The first-order valence-electron chi connectivity index (χ1n) is 14.1. The van der Waals surface area contributed by atoms with Gasteiger partial charge in [0, 0.05) is 55.2 Å². The molecule has 214 valence electrons. The molecule has 1 aliphatic carbocycles. The Kier molecular flexibility index (Phi) is 9.09. The van der Waals surface area contributed by atoms with Gasteiger partial charge in [0.2, 0.25) is 5.91 Å². The van der Waals surface area contributed by atoms with Crippen molar-refractivity contribution < 1.29 is 9.59 Å². The van der Waals surface area contributed by atoms with Crippen molar-refractivity contribution in [3.63, 3.8) is 0 Å². The third-order valence-corrected chi connectivity index (χ3v) is 7.51. The number of nitrogens with zero attached hydrogens (tertiary/aromatic N) is 5. The van der Waals surface area contributed by atoms with E-state index in [0.29, 0.717) is 18.7 Å². The van der Waals surface area contributed by atoms with Crippen molar-refractivity contribution in [2.24, 2.45) is 5.73 Å². The average molecular weight is 563 g/mol. The second-order valence-electron chi connectivity index (χ2n) is 10.5. The number of anilines is 2. The number of benzene rings is 2. The van der Waals surface area contributed by atoms with Crippen LogP contribution in [0.1, 0.15) is 43.2 Å². The summed E-state index contributed by atoms with van der Waals surface area (Å²) in [4.78, 5) is 31.0. The van der Waals surface area contributed by atoms with Crippen LogP contribution in [-0.4, -0.2) is 38.8 Å². The number of aryl methyl sites for hydroxylation is 1. The van der Waals surface area contributed by atoms with E-state index in [2.05, 4.69) is 26.8 Å². The Hall–Kier alpha value is -5.17. The molecule has 0 unspecified atom stereocenters. The van der Waals surface area contributed by atoms with E-state index in [1.807, 2.05) is 71.8 Å². The molecule has 10 heteroatoms. The molecule has 5 rings (SSSR count). The van der Waals surface area contributed by atoms with E-state index in [1.54, 1.807) is 23.1 Å². The smallest absolute Gasteiger partial charge is 0.322 e. The highest BCUT2D eigenvalue weighted by Gasteiger charge is 2.30. The van der Waals surface area contributed by atoms with Gasteiger partial charge in [0.25, 0.3) is 0 Å². The minimum atomic E-state index is -0.363. The number of carbonyl (C=O) groups is 2. The van der Waals surface area contributed by atoms with Crippen molar-refractivity contribution in [3.05, 3.63) is 96.4 Å². The Bertz CT molecular complexity index is 1520. The molecule has 0 saturated heterocycles. The van der Waals surface area contributed by atoms with Gasteiger partial charge < -0.3 is 16.4 Å². The largest absolute Gasteiger partial charge is 0.370 e. The molecule has 0 spiro atoms. The Morgan fingerprint density at radius 1 is 0.976 bits per heavy atom. The van der Waals surface area contributed by atoms with Gasteiger partial charge in [-0.05, 0) is 61.1 Å². The molecule has 10 nitrogen and oxygen atoms in total. The highest BCUT2D eigenvalue weighted by Crippen LogP contribution is 2.31. The number of pyridine rings is 1. The van der Waals surface area contributed by atoms with Crippen LogP contribution in [0.2, 0.25) is 0 Å². The fraction of sp³-hybridized carbons (Fsp3) is 0.281. The van der Waals surface area contributed by atoms with Gasteiger partial charge >= 0.3 is 6.03 Å². The minimum absolute atomic E-state index is 0.0372. The van der Waals surface area contributed by atoms with Gasteiger partial charge in [-0.2, -0.15) is 10.4 Å². The normalized spacial score (nSPS) is 16.3. The topological polar surface area (TPSA) is 142 Å². The maximum Gasteiger partial charge on any atom is 0.322 e. The highest BCUT2D eigenvalue weighted by molar-refractivity contribution is 5.93. The second-order valence-corrected chi connectivity index (χ2v) is 10.5. The zero-order chi connectivity index (χ0) is 29.3. The number of urea groups is 1. The Morgan fingerprint density at radius 3 is 2.40 bits per heavy atom. The summed E-state index contributed by atoms with van der Waals surface area (Å²) in [5.41, 5.74) is 9.56. The van der Waals surface area contributed by atoms with Crippen LogP contribution in [0, 0.1) is 11.3 Å². The third-order valence-electron chi connectivity index (χ3n) is 7.51. The van der Waals surface area contributed by atoms with Crippen molar-refractivity contribution in [1.82, 2.24) is 20.1 Å². The number of amides is 3. The molecule has 2 aromatic carbocycles. The number of primary amides is 1. The van der Waals surface area contributed by atoms with Gasteiger partial charge in [-0.3, -0.25) is 14.4 Å². The van der Waals surface area contributed by atoms with Gasteiger partial charge in [0.15, 0.2) is 0 Å². The van der Waals surface area contributed by atoms with Crippen molar-refractivity contribution in [2.75, 3.05) is 10.2 Å². The van der Waals surface area contributed by atoms with Crippen LogP contribution >= 0.6 is 0 Å². The number of carbonyl (C=O) groups excluding carboxylic acids is 2. The van der Waals surface area contributed by atoms with E-state index in [9.17, 15) is 9.59 Å². The molecule has 4 aromatic rings. The first kappa shape index (κ1) is 28.4. The monoisotopic (exact) mass is 562 g/mol. The van der Waals surface area contributed by atoms with Crippen LogP contribution in [0.5, 0.6) is 0 Å². The Balaban J connectivity index is 1.28. The molecule has 1 aliphatic rings. The first-order chi connectivity index (χ1) is 20.5. The number of rotatable bonds is 10. The third kappa shape index (κ3) is 7.31. The molecule has 42 heavy (non-hydrogen) atoms. The molecule has 0 atom stereocenters. The van der Waals surface area contributed by atoms with Gasteiger partial charge in [-0.1, -0.05) is 42.5 Å². The highest BCUT2D eigenvalue weighted by atomic mass is 16.2. The summed E-state index contributed by atoms with van der Waals surface area (Å²) < 4.78 is 1.71. The van der Waals surface area contributed by atoms with Crippen LogP contribution in [0.15, 0.2) is 85.3 Å². The predicted octanol–water partition coefficient (Wildman–Crippen LogP) is 4.83. The van der Waals surface area contributed by atoms with Crippen LogP contribution < -0.4 is 21.3 Å². The number of nitriles is 1. The SMILES string of the molecule is N#Cc1ccc(NC2CCC(N(C(=O)NCc3ccccc3)c3ccc(-c4cnn(CCC(N)=O)c4)cc3)CC2)nc1. The van der Waals surface area contributed by atoms with Crippen LogP contribution in [0.25, 0.3) is 11.1 Å². The lowest BCUT2D eigenvalue weighted by Gasteiger charge is -2.37. The summed E-state index contributed by atoms with van der Waals surface area (Å²) in [5, 5.41) is 19.9. The van der Waals surface area contributed by atoms with E-state index in [0.717, 1.165) is 53.9 Å². The van der Waals surface area contributed by atoms with Crippen LogP contribution in [-0.2, 0) is 17.9 Å². The standard InChI is InChI=1S/C32H34N8O2/c33-18-24-6-15-31(35-20-24)38-27-9-13-29(14-10-27)40(32(42)36-19-23-4-2-1-3-5-23)28-11-7-25(8-12-28)26-21-37-39(22-26)17-16-30(34)41/h1-8,11-12,15,20-22,27,29H,9-10,13-14,16-17,19H2,(H2,34,41)(H,35,38)(H,36,42). The summed E-state index contributed by atoms with van der Waals surface area (Å²) in [7, 11) is 0. The van der Waals surface area contributed by atoms with E-state index < -0.39 is 0 Å². The summed E-state index contributed by atoms with van der Waals surface area (Å²) in [6.07, 6.45) is 8.89. The van der Waals surface area contributed by atoms with Gasteiger partial charge in [-0.25, -0.2) is 9.78 Å². The zero-order valence-corrected chi connectivity index (χ0v) is 23.3. The van der Waals surface area contributed by atoms with E-state index in [-0.39, 0.29) is 30.4 Å². The fourth-order valence-corrected chi connectivity index (χ4v) is 5.26. The maximum atomic E-state index is 13.6. The summed E-state index contributed by atoms with van der Waals surface area (Å²) in [5.74, 6) is 0.390. The van der Waals surface area contributed by atoms with Crippen molar-refractivity contribution in [1.29, 1.82) is 5.26 Å². The van der Waals surface area contributed by atoms with Crippen molar-refractivity contribution in [2.45, 2.75) is 57.3 Å². The molecule has 0 aliphatic heterocycles. The lowest BCUT2D eigenvalue weighted by Crippen LogP contribution is -2.48. The molecular weight excluding hydrogens is 528 g/mol. The van der Waals surface area contributed by atoms with Crippen molar-refractivity contribution in [3.8, 4) is 17.2 Å². The Labute approximate surface area is 245 Å². The molecule has 1 fully saturated rings. The van der Waals surface area contributed by atoms with Gasteiger partial charge in [0.05, 0.1) is 11.8 Å². The molecule has 1 saturated carbocycles. The number of nitrogens with one attached hydrogen (secondary N) is 2. The molecule has 4 N–H and O–H groups in total. The molecular formula is C32H34N8O2. The lowest BCUT2D eigenvalue weighted by molar-refractivity contribution is -0.118. The number of hydrogen-bond donors (Lipinski definition) is 3. The maximum absolute atomic E-state index is 13.6. The zero-order valence-electron chi connectivity index (χ0n) is 23.3. The molecule has 2 heterocycles. The number of nitrogens with two attached hydrogens (primary N) is 1. The van der Waals surface area contributed by atoms with Gasteiger partial charge in [0.1, 0.15) is 11.9 Å². The van der Waals surface area contributed by atoms with Crippen LogP contribution in [0.3, 0.4) is 0 Å². The molecule has 2 aromatic heterocycles. The number of aromatic nitrogens is 3. The molecule has 0 radical (unpaired) electrons. The summed E-state index contributed by atoms with van der Waals surface area (Å²) >= 11 is 0. The minimum Gasteiger partial charge on any atom is -0.370 e. The summed E-state index contributed by atoms with van der Waals surface area (Å²) in [6.45, 7) is 0.877. The Morgan fingerprint density at radius 2 is 1.74 bits per heavy atom. The van der Waals surface area contributed by atoms with E-state index >= 15 is 0 Å². The fourth-order valence-electron chi connectivity index (χ4n) is 5.26. The van der Waals surface area contributed by atoms with Crippen LogP contribution in [0.4, 0.5) is 16.3 Å². The first-order valence-corrected chi connectivity index (χ1v) is 14.1. The van der Waals surface area contributed by atoms with Gasteiger partial charge in [-0.15, -0.1) is 0 Å². The van der Waals surface area contributed by atoms with E-state index in [1.165, 1.54) is 0 Å². The second kappa shape index (κ2) is 13.5. The molecule has 3 amide bonds. The molecule has 0 bridgehead atoms. The number of hydrogen-bond acceptors (Lipinski definition) is 6. The van der Waals surface area contributed by atoms with E-state index in [4.69, 9.17) is 11.0 Å².